The van der Waals surface area contributed by atoms with Crippen LogP contribution in [-0.2, 0) is 0 Å². The van der Waals surface area contributed by atoms with Crippen molar-refractivity contribution in [2.75, 3.05) is 0 Å². The molecule has 0 heterocycles. The second-order valence-corrected chi connectivity index (χ2v) is 1.27. The minimum atomic E-state index is -4.01. The van der Waals surface area contributed by atoms with E-state index in [1.54, 1.807) is 0 Å². The van der Waals surface area contributed by atoms with Crippen LogP contribution in [0.3, 0.4) is 0 Å². The van der Waals surface area contributed by atoms with Crippen LogP contribution in [0.2, 0.25) is 0 Å². The van der Waals surface area contributed by atoms with Gasteiger partial charge in [-0.15, -0.1) is 0 Å². The molecular weight excluding hydrogens is 203 g/mol. The van der Waals surface area contributed by atoms with Crippen LogP contribution in [0.4, 0.5) is 0 Å². The Balaban J connectivity index is 0. The van der Waals surface area contributed by atoms with Gasteiger partial charge in [0.2, 0.25) is 0 Å². The highest BCUT2D eigenvalue weighted by atomic mass is 127. The van der Waals surface area contributed by atoms with Gasteiger partial charge in [-0.2, -0.15) is 5.84 Å². The lowest BCUT2D eigenvalue weighted by molar-refractivity contribution is -1.73. The molecular formula is H5IN2O3. The maximum atomic E-state index is 8.57. The van der Waals surface area contributed by atoms with Gasteiger partial charge < -0.3 is 10.3 Å². The van der Waals surface area contributed by atoms with Gasteiger partial charge in [-0.25, -0.2) is 0 Å². The third-order valence-electron chi connectivity index (χ3n) is 0. The molecule has 0 aliphatic heterocycles. The van der Waals surface area contributed by atoms with Gasteiger partial charge in [0.05, 0.1) is 0 Å². The fourth-order valence-corrected chi connectivity index (χ4v) is 0. The quantitative estimate of drug-likeness (QED) is 0.233. The van der Waals surface area contributed by atoms with Crippen LogP contribution in [0.5, 0.6) is 0 Å². The molecule has 0 bridgehead atoms. The summed E-state index contributed by atoms with van der Waals surface area (Å²) < 4.78 is 25.7. The summed E-state index contributed by atoms with van der Waals surface area (Å²) >= 11 is -4.01. The lowest BCUT2D eigenvalue weighted by Gasteiger charge is -1.84. The zero-order valence-corrected chi connectivity index (χ0v) is 5.04. The van der Waals surface area contributed by atoms with Crippen LogP contribution in [0.25, 0.3) is 0 Å². The van der Waals surface area contributed by atoms with Gasteiger partial charge in [0, 0.05) is 0 Å². The van der Waals surface area contributed by atoms with Crippen molar-refractivity contribution < 1.29 is 37.2 Å². The van der Waals surface area contributed by atoms with Gasteiger partial charge in [0.15, 0.2) is 0 Å². The second kappa shape index (κ2) is 9.11. The molecule has 0 aliphatic carbocycles. The molecule has 5 nitrogen and oxygen atoms in total. The second-order valence-electron chi connectivity index (χ2n) is 0.189. The first-order chi connectivity index (χ1) is 2.73. The van der Waals surface area contributed by atoms with Crippen molar-refractivity contribution in [3.63, 3.8) is 0 Å². The third-order valence-corrected chi connectivity index (χ3v) is 0. The summed E-state index contributed by atoms with van der Waals surface area (Å²) in [7, 11) is 0. The summed E-state index contributed by atoms with van der Waals surface area (Å²) in [6.07, 6.45) is 0. The molecule has 6 heavy (non-hydrogen) atoms. The van der Waals surface area contributed by atoms with E-state index in [0.717, 1.165) is 0 Å². The third kappa shape index (κ3) is 201. The first-order valence-electron chi connectivity index (χ1n) is 0.871. The van der Waals surface area contributed by atoms with Crippen molar-refractivity contribution >= 4 is 0 Å². The molecule has 0 aromatic rings. The molecule has 0 saturated heterocycles. The van der Waals surface area contributed by atoms with Crippen molar-refractivity contribution in [2.45, 2.75) is 0 Å². The van der Waals surface area contributed by atoms with Crippen molar-refractivity contribution in [3.05, 3.63) is 0 Å². The molecule has 0 spiro atoms. The van der Waals surface area contributed by atoms with Crippen molar-refractivity contribution in [1.29, 1.82) is 0 Å². The van der Waals surface area contributed by atoms with E-state index in [9.17, 15) is 0 Å². The highest BCUT2D eigenvalue weighted by molar-refractivity contribution is 2.64. The Morgan fingerprint density at radius 1 is 1.17 bits per heavy atom. The van der Waals surface area contributed by atoms with Crippen LogP contribution in [0.1, 0.15) is 0 Å². The van der Waals surface area contributed by atoms with E-state index in [1.807, 2.05) is 0 Å². The molecule has 0 radical (unpaired) electrons. The molecule has 0 saturated carbocycles. The van der Waals surface area contributed by atoms with Crippen molar-refractivity contribution in [3.8, 4) is 0 Å². The number of halogens is 1. The zero-order chi connectivity index (χ0) is 5.58. The molecule has 0 aromatic heterocycles. The maximum Gasteiger partial charge on any atom is 0.282 e. The SMILES string of the molecule is N[NH3+].[O-][I+2]([O-])[O-]. The molecule has 0 fully saturated rings. The van der Waals surface area contributed by atoms with E-state index in [-0.39, 0.29) is 0 Å². The highest BCUT2D eigenvalue weighted by Crippen LogP contribution is -0.137. The van der Waals surface area contributed by atoms with Crippen LogP contribution >= 0.6 is 0 Å². The summed E-state index contributed by atoms with van der Waals surface area (Å²) in [5, 5.41) is 0. The number of quaternary nitrogens is 1. The van der Waals surface area contributed by atoms with E-state index < -0.39 is 21.1 Å². The summed E-state index contributed by atoms with van der Waals surface area (Å²) in [5.74, 6) is 7.00. The molecule has 0 rings (SSSR count). The number of hydrogen-bond acceptors (Lipinski definition) is 4. The van der Waals surface area contributed by atoms with Gasteiger partial charge in [0.25, 0.3) is 21.1 Å². The smallest absolute Gasteiger partial charge is 0.282 e. The lowest BCUT2D eigenvalue weighted by atomic mass is 13.0. The van der Waals surface area contributed by atoms with Gasteiger partial charge in [-0.1, -0.05) is 0 Å². The zero-order valence-electron chi connectivity index (χ0n) is 2.89. The predicted molar refractivity (Wildman–Crippen MR) is 7.08 cm³/mol. The van der Waals surface area contributed by atoms with E-state index in [1.165, 1.54) is 0 Å². The van der Waals surface area contributed by atoms with E-state index in [2.05, 4.69) is 11.7 Å². The Kier molecular flexibility index (Phi) is 14.8. The number of hydrogen-bond donors (Lipinski definition) is 2. The molecule has 0 unspecified atom stereocenters. The van der Waals surface area contributed by atoms with Crippen molar-refractivity contribution in [2.24, 2.45) is 5.84 Å². The van der Waals surface area contributed by atoms with Crippen LogP contribution in [0.15, 0.2) is 0 Å². The first kappa shape index (κ1) is 9.73. The predicted octanol–water partition coefficient (Wildman–Crippen LogP) is -8.46. The van der Waals surface area contributed by atoms with E-state index in [0.29, 0.717) is 0 Å². The molecule has 0 aliphatic rings. The minimum absolute atomic E-state index is 2.75. The van der Waals surface area contributed by atoms with Crippen LogP contribution < -0.4 is 43.1 Å². The maximum absolute atomic E-state index is 8.57. The molecule has 0 aromatic carbocycles. The Bertz CT molecular complexity index is 13.5. The highest BCUT2D eigenvalue weighted by Gasteiger charge is 1.70. The fourth-order valence-electron chi connectivity index (χ4n) is 0. The van der Waals surface area contributed by atoms with E-state index >= 15 is 0 Å². The van der Waals surface area contributed by atoms with Gasteiger partial charge in [-0.3, -0.25) is 5.84 Å². The number of nitrogens with two attached hydrogens (primary N) is 1. The summed E-state index contributed by atoms with van der Waals surface area (Å²) in [6.45, 7) is 0. The summed E-state index contributed by atoms with van der Waals surface area (Å²) in [5.41, 5.74) is 0. The van der Waals surface area contributed by atoms with Crippen molar-refractivity contribution in [1.82, 2.24) is 0 Å². The molecule has 0 amide bonds. The first-order valence-corrected chi connectivity index (χ1v) is 3.51. The van der Waals surface area contributed by atoms with Gasteiger partial charge >= 0.3 is 0 Å². The molecule has 6 heteroatoms. The average molecular weight is 208 g/mol. The normalized spacial score (nSPS) is 7.00. The van der Waals surface area contributed by atoms with Crippen LogP contribution in [0, 0.1) is 0 Å². The monoisotopic (exact) mass is 208 g/mol. The number of rotatable bonds is 0. The molecule has 40 valence electrons. The summed E-state index contributed by atoms with van der Waals surface area (Å²) in [4.78, 5) is 0. The fraction of sp³-hybridized carbons (Fsp3) is 0. The van der Waals surface area contributed by atoms with E-state index in [4.69, 9.17) is 10.3 Å². The van der Waals surface area contributed by atoms with Crippen LogP contribution in [-0.4, -0.2) is 0 Å². The Morgan fingerprint density at radius 2 is 1.17 bits per heavy atom. The largest absolute Gasteiger partial charge is 0.427 e. The minimum Gasteiger partial charge on any atom is -0.427 e. The Hall–Kier alpha value is 0.530. The topological polar surface area (TPSA) is 123 Å². The Morgan fingerprint density at radius 3 is 1.17 bits per heavy atom. The standard InChI is InChI=1S/IO3.H4N2/c2-1(3)4;1-2/h;1-2H2/q-1;/p+1. The van der Waals surface area contributed by atoms with Gasteiger partial charge in [-0.05, 0) is 0 Å². The molecule has 5 N–H and O–H groups in total. The summed E-state index contributed by atoms with van der Waals surface area (Å²) in [6, 6.07) is 0. The Labute approximate surface area is 43.6 Å². The average Bonchev–Trinajstić information content (AvgIpc) is 1.41. The van der Waals surface area contributed by atoms with Gasteiger partial charge in [0.1, 0.15) is 0 Å². The molecule has 0 atom stereocenters. The lowest BCUT2D eigenvalue weighted by Crippen LogP contribution is -4.05.